The van der Waals surface area contributed by atoms with Crippen molar-refractivity contribution < 1.29 is 4.39 Å². The van der Waals surface area contributed by atoms with Crippen LogP contribution in [0.1, 0.15) is 24.5 Å². The van der Waals surface area contributed by atoms with Crippen molar-refractivity contribution in [1.29, 1.82) is 0 Å². The maximum absolute atomic E-state index is 13.1. The first-order chi connectivity index (χ1) is 6.09. The summed E-state index contributed by atoms with van der Waals surface area (Å²) in [6.07, 6.45) is 1.76. The molecule has 1 aromatic carbocycles. The minimum atomic E-state index is -0.123. The Morgan fingerprint density at radius 2 is 2.15 bits per heavy atom. The van der Waals surface area contributed by atoms with E-state index in [4.69, 9.17) is 5.73 Å². The monoisotopic (exact) mass is 181 g/mol. The van der Waals surface area contributed by atoms with Gasteiger partial charge in [-0.25, -0.2) is 4.39 Å². The van der Waals surface area contributed by atoms with E-state index in [9.17, 15) is 4.39 Å². The van der Waals surface area contributed by atoms with Crippen LogP contribution in [-0.2, 0) is 6.42 Å². The zero-order chi connectivity index (χ0) is 9.84. The van der Waals surface area contributed by atoms with E-state index in [0.717, 1.165) is 18.4 Å². The van der Waals surface area contributed by atoms with Gasteiger partial charge in [-0.3, -0.25) is 0 Å². The first kappa shape index (κ1) is 10.2. The van der Waals surface area contributed by atoms with Crippen molar-refractivity contribution in [2.45, 2.75) is 32.7 Å². The second-order valence-corrected chi connectivity index (χ2v) is 3.60. The number of aryl methyl sites for hydroxylation is 2. The highest BCUT2D eigenvalue weighted by Gasteiger charge is 2.00. The summed E-state index contributed by atoms with van der Waals surface area (Å²) in [5.41, 5.74) is 7.34. The molecule has 0 amide bonds. The molecule has 13 heavy (non-hydrogen) atoms. The highest BCUT2D eigenvalue weighted by Crippen LogP contribution is 2.11. The number of hydrogen-bond donors (Lipinski definition) is 1. The average molecular weight is 181 g/mol. The van der Waals surface area contributed by atoms with Gasteiger partial charge in [-0.1, -0.05) is 12.1 Å². The predicted octanol–water partition coefficient (Wildman–Crippen LogP) is 2.41. The molecular weight excluding hydrogens is 165 g/mol. The zero-order valence-electron chi connectivity index (χ0n) is 8.18. The maximum Gasteiger partial charge on any atom is 0.126 e. The molecule has 0 saturated heterocycles. The van der Waals surface area contributed by atoms with Crippen LogP contribution in [0.3, 0.4) is 0 Å². The molecule has 0 aliphatic rings. The van der Waals surface area contributed by atoms with Gasteiger partial charge in [0, 0.05) is 6.04 Å². The van der Waals surface area contributed by atoms with Gasteiger partial charge in [0.1, 0.15) is 5.82 Å². The summed E-state index contributed by atoms with van der Waals surface area (Å²) in [7, 11) is 0. The van der Waals surface area contributed by atoms with Gasteiger partial charge in [0.15, 0.2) is 0 Å². The van der Waals surface area contributed by atoms with Crippen molar-refractivity contribution in [1.82, 2.24) is 0 Å². The minimum Gasteiger partial charge on any atom is -0.328 e. The van der Waals surface area contributed by atoms with Crippen LogP contribution in [0, 0.1) is 12.7 Å². The lowest BCUT2D eigenvalue weighted by Gasteiger charge is -2.05. The van der Waals surface area contributed by atoms with Crippen molar-refractivity contribution in [3.63, 3.8) is 0 Å². The molecule has 0 fully saturated rings. The summed E-state index contributed by atoms with van der Waals surface area (Å²) in [4.78, 5) is 0. The predicted molar refractivity (Wildman–Crippen MR) is 53.1 cm³/mol. The SMILES string of the molecule is Cc1ccc(CC[C@H](C)N)cc1F. The largest absolute Gasteiger partial charge is 0.328 e. The van der Waals surface area contributed by atoms with Gasteiger partial charge in [0.05, 0.1) is 0 Å². The summed E-state index contributed by atoms with van der Waals surface area (Å²) in [5.74, 6) is -0.123. The second kappa shape index (κ2) is 4.38. The Hall–Kier alpha value is -0.890. The topological polar surface area (TPSA) is 26.0 Å². The van der Waals surface area contributed by atoms with Crippen molar-refractivity contribution in [2.24, 2.45) is 5.73 Å². The van der Waals surface area contributed by atoms with Crippen LogP contribution in [0.5, 0.6) is 0 Å². The van der Waals surface area contributed by atoms with Crippen LogP contribution in [0.15, 0.2) is 18.2 Å². The maximum atomic E-state index is 13.1. The lowest BCUT2D eigenvalue weighted by molar-refractivity contribution is 0.611. The fourth-order valence-corrected chi connectivity index (χ4v) is 1.19. The molecule has 0 aromatic heterocycles. The zero-order valence-corrected chi connectivity index (χ0v) is 8.18. The number of halogens is 1. The summed E-state index contributed by atoms with van der Waals surface area (Å²) in [6.45, 7) is 3.73. The summed E-state index contributed by atoms with van der Waals surface area (Å²) in [5, 5.41) is 0. The average Bonchev–Trinajstić information content (AvgIpc) is 2.07. The van der Waals surface area contributed by atoms with Gasteiger partial charge in [-0.05, 0) is 43.9 Å². The van der Waals surface area contributed by atoms with E-state index >= 15 is 0 Å². The normalized spacial score (nSPS) is 12.9. The Kier molecular flexibility index (Phi) is 3.43. The molecule has 0 heterocycles. The van der Waals surface area contributed by atoms with Crippen LogP contribution in [0.25, 0.3) is 0 Å². The first-order valence-corrected chi connectivity index (χ1v) is 4.60. The van der Waals surface area contributed by atoms with E-state index in [1.165, 1.54) is 0 Å². The second-order valence-electron chi connectivity index (χ2n) is 3.60. The van der Waals surface area contributed by atoms with E-state index in [1.54, 1.807) is 13.0 Å². The van der Waals surface area contributed by atoms with Crippen LogP contribution in [0.4, 0.5) is 4.39 Å². The third kappa shape index (κ3) is 3.15. The van der Waals surface area contributed by atoms with Crippen molar-refractivity contribution >= 4 is 0 Å². The fourth-order valence-electron chi connectivity index (χ4n) is 1.19. The molecule has 1 aromatic rings. The van der Waals surface area contributed by atoms with Gasteiger partial charge in [0.2, 0.25) is 0 Å². The molecule has 0 radical (unpaired) electrons. The van der Waals surface area contributed by atoms with Crippen LogP contribution in [-0.4, -0.2) is 6.04 Å². The number of benzene rings is 1. The summed E-state index contributed by atoms with van der Waals surface area (Å²) < 4.78 is 13.1. The van der Waals surface area contributed by atoms with Gasteiger partial charge < -0.3 is 5.73 Å². The third-order valence-corrected chi connectivity index (χ3v) is 2.12. The van der Waals surface area contributed by atoms with E-state index in [0.29, 0.717) is 5.56 Å². The molecule has 0 bridgehead atoms. The molecule has 0 aliphatic heterocycles. The highest BCUT2D eigenvalue weighted by molar-refractivity contribution is 5.23. The smallest absolute Gasteiger partial charge is 0.126 e. The van der Waals surface area contributed by atoms with Crippen LogP contribution < -0.4 is 5.73 Å². The molecule has 0 saturated carbocycles. The summed E-state index contributed by atoms with van der Waals surface area (Å²) in [6, 6.07) is 5.55. The quantitative estimate of drug-likeness (QED) is 0.761. The van der Waals surface area contributed by atoms with Crippen LogP contribution >= 0.6 is 0 Å². The Balaban J connectivity index is 2.63. The highest BCUT2D eigenvalue weighted by atomic mass is 19.1. The number of rotatable bonds is 3. The molecule has 1 rings (SSSR count). The van der Waals surface area contributed by atoms with Crippen molar-refractivity contribution in [3.05, 3.63) is 35.1 Å². The van der Waals surface area contributed by atoms with Crippen molar-refractivity contribution in [2.75, 3.05) is 0 Å². The van der Waals surface area contributed by atoms with Gasteiger partial charge in [0.25, 0.3) is 0 Å². The van der Waals surface area contributed by atoms with E-state index in [1.807, 2.05) is 19.1 Å². The molecule has 1 atom stereocenters. The molecular formula is C11H16FN. The molecule has 0 aliphatic carbocycles. The third-order valence-electron chi connectivity index (χ3n) is 2.12. The summed E-state index contributed by atoms with van der Waals surface area (Å²) >= 11 is 0. The van der Waals surface area contributed by atoms with E-state index in [2.05, 4.69) is 0 Å². The van der Waals surface area contributed by atoms with Crippen LogP contribution in [0.2, 0.25) is 0 Å². The number of hydrogen-bond acceptors (Lipinski definition) is 1. The Labute approximate surface area is 78.8 Å². The molecule has 2 heteroatoms. The first-order valence-electron chi connectivity index (χ1n) is 4.60. The van der Waals surface area contributed by atoms with E-state index in [-0.39, 0.29) is 11.9 Å². The van der Waals surface area contributed by atoms with E-state index < -0.39 is 0 Å². The Bertz CT molecular complexity index is 281. The lowest BCUT2D eigenvalue weighted by Crippen LogP contribution is -2.15. The fraction of sp³-hybridized carbons (Fsp3) is 0.455. The molecule has 1 nitrogen and oxygen atoms in total. The van der Waals surface area contributed by atoms with Gasteiger partial charge in [-0.2, -0.15) is 0 Å². The molecule has 2 N–H and O–H groups in total. The van der Waals surface area contributed by atoms with Gasteiger partial charge in [-0.15, -0.1) is 0 Å². The number of nitrogens with two attached hydrogens (primary N) is 1. The molecule has 0 unspecified atom stereocenters. The lowest BCUT2D eigenvalue weighted by atomic mass is 10.0. The minimum absolute atomic E-state index is 0.123. The Morgan fingerprint density at radius 3 is 2.69 bits per heavy atom. The van der Waals surface area contributed by atoms with Crippen molar-refractivity contribution in [3.8, 4) is 0 Å². The Morgan fingerprint density at radius 1 is 1.46 bits per heavy atom. The standard InChI is InChI=1S/C11H16FN/c1-8-3-5-10(7-11(8)12)6-4-9(2)13/h3,5,7,9H,4,6,13H2,1-2H3/t9-/m0/s1. The molecule has 0 spiro atoms. The molecule has 72 valence electrons. The van der Waals surface area contributed by atoms with Gasteiger partial charge >= 0.3 is 0 Å².